The minimum absolute atomic E-state index is 0.524. The van der Waals surface area contributed by atoms with Gasteiger partial charge in [-0.3, -0.25) is 4.99 Å². The van der Waals surface area contributed by atoms with Gasteiger partial charge in [-0.05, 0) is 37.8 Å². The third-order valence-corrected chi connectivity index (χ3v) is 3.54. The van der Waals surface area contributed by atoms with Gasteiger partial charge >= 0.3 is 0 Å². The van der Waals surface area contributed by atoms with Crippen molar-refractivity contribution in [3.8, 4) is 0 Å². The van der Waals surface area contributed by atoms with E-state index in [1.54, 1.807) is 0 Å². The van der Waals surface area contributed by atoms with Crippen molar-refractivity contribution in [1.29, 1.82) is 0 Å². The van der Waals surface area contributed by atoms with Crippen molar-refractivity contribution in [2.24, 2.45) is 10.7 Å². The van der Waals surface area contributed by atoms with Gasteiger partial charge in [0.15, 0.2) is 5.96 Å². The topological polar surface area (TPSA) is 75.4 Å². The molecule has 0 atom stereocenters. The summed E-state index contributed by atoms with van der Waals surface area (Å²) in [5, 5.41) is 4.41. The average Bonchev–Trinajstić information content (AvgIpc) is 2.95. The van der Waals surface area contributed by atoms with Crippen LogP contribution in [0.1, 0.15) is 25.3 Å². The Morgan fingerprint density at radius 1 is 1.32 bits per heavy atom. The molecule has 0 radical (unpaired) electrons. The molecular weight excluding hydrogens is 276 g/mol. The number of guanidine groups is 1. The lowest BCUT2D eigenvalue weighted by Gasteiger charge is -2.05. The number of aryl methyl sites for hydroxylation is 1. The van der Waals surface area contributed by atoms with Gasteiger partial charge in [0, 0.05) is 43.4 Å². The van der Waals surface area contributed by atoms with E-state index in [9.17, 15) is 0 Å². The molecule has 0 fully saturated rings. The number of aromatic nitrogens is 1. The van der Waals surface area contributed by atoms with Gasteiger partial charge in [0.2, 0.25) is 0 Å². The van der Waals surface area contributed by atoms with Gasteiger partial charge in [-0.1, -0.05) is 18.2 Å². The molecule has 4 N–H and O–H groups in total. The molecule has 0 spiro atoms. The Bertz CT molecular complexity index is 591. The normalized spacial score (nSPS) is 12.0. The number of benzene rings is 1. The Morgan fingerprint density at radius 3 is 3.05 bits per heavy atom. The Kier molecular flexibility index (Phi) is 6.77. The number of aromatic amines is 1. The largest absolute Gasteiger partial charge is 0.382 e. The second kappa shape index (κ2) is 9.10. The zero-order valence-corrected chi connectivity index (χ0v) is 13.3. The van der Waals surface area contributed by atoms with Gasteiger partial charge in [0.1, 0.15) is 0 Å². The van der Waals surface area contributed by atoms with Gasteiger partial charge in [-0.25, -0.2) is 0 Å². The summed E-state index contributed by atoms with van der Waals surface area (Å²) in [6, 6.07) is 8.37. The fraction of sp³-hybridized carbons (Fsp3) is 0.471. The van der Waals surface area contributed by atoms with Crippen LogP contribution in [-0.2, 0) is 11.2 Å². The molecule has 0 unspecified atom stereocenters. The minimum Gasteiger partial charge on any atom is -0.382 e. The second-order valence-electron chi connectivity index (χ2n) is 5.21. The van der Waals surface area contributed by atoms with Crippen molar-refractivity contribution in [3.63, 3.8) is 0 Å². The van der Waals surface area contributed by atoms with E-state index in [0.717, 1.165) is 45.6 Å². The first kappa shape index (κ1) is 16.4. The van der Waals surface area contributed by atoms with Gasteiger partial charge < -0.3 is 20.8 Å². The lowest BCUT2D eigenvalue weighted by Crippen LogP contribution is -2.33. The van der Waals surface area contributed by atoms with E-state index in [1.165, 1.54) is 16.5 Å². The summed E-state index contributed by atoms with van der Waals surface area (Å²) >= 11 is 0. The smallest absolute Gasteiger partial charge is 0.188 e. The molecule has 0 aliphatic rings. The summed E-state index contributed by atoms with van der Waals surface area (Å²) in [4.78, 5) is 7.65. The third-order valence-electron chi connectivity index (χ3n) is 3.54. The number of hydrogen-bond donors (Lipinski definition) is 3. The van der Waals surface area contributed by atoms with Gasteiger partial charge in [-0.2, -0.15) is 0 Å². The van der Waals surface area contributed by atoms with Crippen molar-refractivity contribution in [2.45, 2.75) is 26.2 Å². The maximum absolute atomic E-state index is 5.83. The van der Waals surface area contributed by atoms with E-state index in [4.69, 9.17) is 10.5 Å². The van der Waals surface area contributed by atoms with Crippen LogP contribution in [0, 0.1) is 0 Å². The zero-order chi connectivity index (χ0) is 15.6. The van der Waals surface area contributed by atoms with E-state index in [1.807, 2.05) is 13.0 Å². The highest BCUT2D eigenvalue weighted by Crippen LogP contribution is 2.18. The van der Waals surface area contributed by atoms with Gasteiger partial charge in [0.25, 0.3) is 0 Å². The molecule has 2 aromatic rings. The van der Waals surface area contributed by atoms with Crippen LogP contribution in [0.25, 0.3) is 10.9 Å². The number of para-hydroxylation sites is 1. The summed E-state index contributed by atoms with van der Waals surface area (Å²) in [5.74, 6) is 0.524. The van der Waals surface area contributed by atoms with E-state index < -0.39 is 0 Å². The van der Waals surface area contributed by atoms with Crippen molar-refractivity contribution in [1.82, 2.24) is 10.3 Å². The third kappa shape index (κ3) is 5.07. The zero-order valence-electron chi connectivity index (χ0n) is 13.3. The van der Waals surface area contributed by atoms with Crippen LogP contribution in [0.3, 0.4) is 0 Å². The highest BCUT2D eigenvalue weighted by atomic mass is 16.5. The average molecular weight is 302 g/mol. The van der Waals surface area contributed by atoms with Crippen molar-refractivity contribution in [2.75, 3.05) is 26.3 Å². The molecule has 2 rings (SSSR count). The second-order valence-corrected chi connectivity index (χ2v) is 5.21. The Hall–Kier alpha value is -2.01. The molecule has 0 bridgehead atoms. The number of nitrogens with one attached hydrogen (secondary N) is 2. The lowest BCUT2D eigenvalue weighted by atomic mass is 10.1. The first-order chi connectivity index (χ1) is 10.8. The molecule has 1 aromatic heterocycles. The lowest BCUT2D eigenvalue weighted by molar-refractivity contribution is 0.145. The summed E-state index contributed by atoms with van der Waals surface area (Å²) < 4.78 is 5.27. The molecule has 1 heterocycles. The fourth-order valence-electron chi connectivity index (χ4n) is 2.40. The van der Waals surface area contributed by atoms with Crippen LogP contribution < -0.4 is 11.1 Å². The highest BCUT2D eigenvalue weighted by Gasteiger charge is 2.02. The first-order valence-electron chi connectivity index (χ1n) is 7.97. The molecular formula is C17H26N4O. The van der Waals surface area contributed by atoms with E-state index in [-0.39, 0.29) is 0 Å². The molecule has 0 amide bonds. The number of nitrogens with zero attached hydrogens (tertiary/aromatic N) is 1. The fourth-order valence-corrected chi connectivity index (χ4v) is 2.40. The Labute approximate surface area is 132 Å². The summed E-state index contributed by atoms with van der Waals surface area (Å²) in [6.07, 6.45) is 5.03. The number of H-pyrrole nitrogens is 1. The number of fused-ring (bicyclic) bond motifs is 1. The quantitative estimate of drug-likeness (QED) is 0.378. The van der Waals surface area contributed by atoms with Crippen LogP contribution >= 0.6 is 0 Å². The standard InChI is InChI=1S/C17H26N4O/c1-2-22-12-6-11-20-17(18)19-10-5-7-14-13-21-16-9-4-3-8-15(14)16/h3-4,8-9,13,21H,2,5-7,10-12H2,1H3,(H3,18,19,20). The van der Waals surface area contributed by atoms with Crippen molar-refractivity contribution < 1.29 is 4.74 Å². The van der Waals surface area contributed by atoms with Crippen LogP contribution in [-0.4, -0.2) is 37.2 Å². The molecule has 22 heavy (non-hydrogen) atoms. The first-order valence-corrected chi connectivity index (χ1v) is 7.97. The van der Waals surface area contributed by atoms with E-state index in [2.05, 4.69) is 39.7 Å². The maximum atomic E-state index is 5.83. The molecule has 1 aromatic carbocycles. The van der Waals surface area contributed by atoms with Crippen LogP contribution in [0.15, 0.2) is 35.5 Å². The monoisotopic (exact) mass is 302 g/mol. The number of nitrogens with two attached hydrogens (primary N) is 1. The molecule has 0 aliphatic heterocycles. The molecule has 0 saturated carbocycles. The Morgan fingerprint density at radius 2 is 2.18 bits per heavy atom. The van der Waals surface area contributed by atoms with Gasteiger partial charge in [-0.15, -0.1) is 0 Å². The SMILES string of the molecule is CCOCCCNC(N)=NCCCc1c[nH]c2ccccc12. The van der Waals surface area contributed by atoms with Gasteiger partial charge in [0.05, 0.1) is 0 Å². The molecule has 120 valence electrons. The number of hydrogen-bond acceptors (Lipinski definition) is 2. The molecule has 0 aliphatic carbocycles. The maximum Gasteiger partial charge on any atom is 0.188 e. The number of aliphatic imine (C=N–C) groups is 1. The van der Waals surface area contributed by atoms with Crippen molar-refractivity contribution in [3.05, 3.63) is 36.0 Å². The molecule has 0 saturated heterocycles. The number of rotatable bonds is 9. The van der Waals surface area contributed by atoms with Crippen LogP contribution in [0.2, 0.25) is 0 Å². The Balaban J connectivity index is 1.66. The van der Waals surface area contributed by atoms with E-state index >= 15 is 0 Å². The summed E-state index contributed by atoms with van der Waals surface area (Å²) in [7, 11) is 0. The molecule has 5 heteroatoms. The predicted octanol–water partition coefficient (Wildman–Crippen LogP) is 2.43. The summed E-state index contributed by atoms with van der Waals surface area (Å²) in [6.45, 7) is 5.06. The highest BCUT2D eigenvalue weighted by molar-refractivity contribution is 5.83. The summed E-state index contributed by atoms with van der Waals surface area (Å²) in [5.41, 5.74) is 8.36. The van der Waals surface area contributed by atoms with Crippen LogP contribution in [0.4, 0.5) is 0 Å². The van der Waals surface area contributed by atoms with Crippen LogP contribution in [0.5, 0.6) is 0 Å². The van der Waals surface area contributed by atoms with Crippen molar-refractivity contribution >= 4 is 16.9 Å². The number of ether oxygens (including phenoxy) is 1. The molecule has 5 nitrogen and oxygen atoms in total. The van der Waals surface area contributed by atoms with E-state index in [0.29, 0.717) is 5.96 Å². The predicted molar refractivity (Wildman–Crippen MR) is 92.2 cm³/mol. The minimum atomic E-state index is 0.524.